The van der Waals surface area contributed by atoms with Crippen molar-refractivity contribution in [3.8, 4) is 11.5 Å². The van der Waals surface area contributed by atoms with Gasteiger partial charge in [-0.05, 0) is 12.1 Å². The van der Waals surface area contributed by atoms with Crippen molar-refractivity contribution < 1.29 is 18.7 Å². The number of aromatic nitrogens is 1. The van der Waals surface area contributed by atoms with E-state index in [1.54, 1.807) is 0 Å². The molecule has 0 unspecified atom stereocenters. The summed E-state index contributed by atoms with van der Waals surface area (Å²) in [6.45, 7) is 1.71. The maximum Gasteiger partial charge on any atom is 0.307 e. The molecule has 0 radical (unpaired) electrons. The van der Waals surface area contributed by atoms with Gasteiger partial charge >= 0.3 is 5.97 Å². The number of benzene rings is 1. The minimum atomic E-state index is -0.395. The topological polar surface area (TPSA) is 81.4 Å². The second-order valence-corrected chi connectivity index (χ2v) is 4.40. The number of hydrogen-bond donors (Lipinski definition) is 1. The summed E-state index contributed by atoms with van der Waals surface area (Å²) in [5.74, 6) is -0.0836. The van der Waals surface area contributed by atoms with Crippen LogP contribution in [0, 0.1) is 0 Å². The van der Waals surface area contributed by atoms with Crippen LogP contribution in [-0.2, 0) is 20.9 Å². The first-order valence-electron chi connectivity index (χ1n) is 6.55. The quantitative estimate of drug-likeness (QED) is 0.821. The molecule has 1 amide bonds. The van der Waals surface area contributed by atoms with Crippen LogP contribution >= 0.6 is 0 Å². The maximum atomic E-state index is 11.4. The van der Waals surface area contributed by atoms with Crippen molar-refractivity contribution in [1.29, 1.82) is 0 Å². The van der Waals surface area contributed by atoms with Crippen molar-refractivity contribution in [1.82, 2.24) is 10.3 Å². The summed E-state index contributed by atoms with van der Waals surface area (Å²) in [6, 6.07) is 9.46. The highest BCUT2D eigenvalue weighted by Gasteiger charge is 2.09. The third-order valence-electron chi connectivity index (χ3n) is 2.66. The Morgan fingerprint density at radius 1 is 1.29 bits per heavy atom. The molecule has 0 aliphatic carbocycles. The average molecular weight is 288 g/mol. The number of oxazole rings is 1. The van der Waals surface area contributed by atoms with Crippen LogP contribution in [0.25, 0.3) is 11.5 Å². The first-order chi connectivity index (χ1) is 10.1. The summed E-state index contributed by atoms with van der Waals surface area (Å²) in [7, 11) is 0. The predicted octanol–water partition coefficient (Wildman–Crippen LogP) is 1.91. The molecular formula is C15H16N2O4. The zero-order chi connectivity index (χ0) is 15.1. The highest BCUT2D eigenvalue weighted by molar-refractivity contribution is 5.74. The van der Waals surface area contributed by atoms with E-state index in [0.29, 0.717) is 11.6 Å². The van der Waals surface area contributed by atoms with E-state index in [9.17, 15) is 9.59 Å². The summed E-state index contributed by atoms with van der Waals surface area (Å²) >= 11 is 0. The molecule has 1 heterocycles. The zero-order valence-electron chi connectivity index (χ0n) is 11.7. The molecule has 6 nitrogen and oxygen atoms in total. The molecule has 0 saturated carbocycles. The first-order valence-corrected chi connectivity index (χ1v) is 6.55. The minimum Gasteiger partial charge on any atom is -0.459 e. The van der Waals surface area contributed by atoms with E-state index in [4.69, 9.17) is 9.15 Å². The van der Waals surface area contributed by atoms with Crippen LogP contribution < -0.4 is 5.32 Å². The van der Waals surface area contributed by atoms with Crippen LogP contribution in [0.4, 0.5) is 0 Å². The summed E-state index contributed by atoms with van der Waals surface area (Å²) in [4.78, 5) is 26.3. The number of esters is 1. The van der Waals surface area contributed by atoms with E-state index >= 15 is 0 Å². The summed E-state index contributed by atoms with van der Waals surface area (Å²) < 4.78 is 10.4. The number of nitrogens with one attached hydrogen (secondary N) is 1. The molecule has 1 aromatic carbocycles. The number of carbonyl (C=O) groups is 2. The Hall–Kier alpha value is -2.63. The van der Waals surface area contributed by atoms with E-state index in [2.05, 4.69) is 10.3 Å². The molecule has 0 aliphatic heterocycles. The second kappa shape index (κ2) is 7.23. The second-order valence-electron chi connectivity index (χ2n) is 4.40. The van der Waals surface area contributed by atoms with Crippen molar-refractivity contribution in [3.63, 3.8) is 0 Å². The predicted molar refractivity (Wildman–Crippen MR) is 75.0 cm³/mol. The Labute approximate surface area is 122 Å². The standard InChI is InChI=1S/C15H16N2O4/c1-11(18)16-8-7-14(19)20-9-13-10-21-15(17-13)12-5-3-2-4-6-12/h2-6,10H,7-9H2,1H3,(H,16,18). The average Bonchev–Trinajstić information content (AvgIpc) is 2.94. The van der Waals surface area contributed by atoms with Gasteiger partial charge in [0.15, 0.2) is 0 Å². The molecule has 0 bridgehead atoms. The number of nitrogens with zero attached hydrogens (tertiary/aromatic N) is 1. The van der Waals surface area contributed by atoms with Gasteiger partial charge in [-0.2, -0.15) is 0 Å². The van der Waals surface area contributed by atoms with Crippen LogP contribution in [0.15, 0.2) is 41.0 Å². The monoisotopic (exact) mass is 288 g/mol. The number of amides is 1. The lowest BCUT2D eigenvalue weighted by Crippen LogP contribution is -2.23. The van der Waals surface area contributed by atoms with Gasteiger partial charge in [-0.15, -0.1) is 0 Å². The molecule has 6 heteroatoms. The SMILES string of the molecule is CC(=O)NCCC(=O)OCc1coc(-c2ccccc2)n1. The number of hydrogen-bond acceptors (Lipinski definition) is 5. The largest absolute Gasteiger partial charge is 0.459 e. The first kappa shape index (κ1) is 14.8. The highest BCUT2D eigenvalue weighted by atomic mass is 16.5. The Kier molecular flexibility index (Phi) is 5.09. The molecule has 0 aliphatic rings. The molecule has 0 fully saturated rings. The fourth-order valence-electron chi connectivity index (χ4n) is 1.65. The minimum absolute atomic E-state index is 0.0508. The van der Waals surface area contributed by atoms with Gasteiger partial charge in [-0.3, -0.25) is 9.59 Å². The molecule has 2 rings (SSSR count). The molecule has 110 valence electrons. The Morgan fingerprint density at radius 3 is 2.76 bits per heavy atom. The molecule has 2 aromatic rings. The summed E-state index contributed by atoms with van der Waals surface area (Å²) in [5, 5.41) is 2.53. The van der Waals surface area contributed by atoms with Crippen molar-refractivity contribution in [2.45, 2.75) is 20.0 Å². The van der Waals surface area contributed by atoms with Crippen LogP contribution in [0.3, 0.4) is 0 Å². The Morgan fingerprint density at radius 2 is 2.05 bits per heavy atom. The summed E-state index contributed by atoms with van der Waals surface area (Å²) in [5.41, 5.74) is 1.41. The fourth-order valence-corrected chi connectivity index (χ4v) is 1.65. The maximum absolute atomic E-state index is 11.4. The smallest absolute Gasteiger partial charge is 0.307 e. The molecule has 1 aromatic heterocycles. The van der Waals surface area contributed by atoms with Gasteiger partial charge in [0.05, 0.1) is 6.42 Å². The van der Waals surface area contributed by atoms with E-state index in [1.165, 1.54) is 13.2 Å². The Balaban J connectivity index is 1.80. The molecule has 0 spiro atoms. The van der Waals surface area contributed by atoms with Gasteiger partial charge in [0, 0.05) is 19.0 Å². The third kappa shape index (κ3) is 4.76. The van der Waals surface area contributed by atoms with Gasteiger partial charge < -0.3 is 14.5 Å². The number of carbonyl (C=O) groups excluding carboxylic acids is 2. The van der Waals surface area contributed by atoms with E-state index in [-0.39, 0.29) is 25.5 Å². The van der Waals surface area contributed by atoms with Gasteiger partial charge in [-0.1, -0.05) is 18.2 Å². The number of rotatable bonds is 6. The van der Waals surface area contributed by atoms with Crippen LogP contribution in [0.1, 0.15) is 19.0 Å². The lowest BCUT2D eigenvalue weighted by Gasteiger charge is -2.02. The fraction of sp³-hybridized carbons (Fsp3) is 0.267. The number of ether oxygens (including phenoxy) is 1. The van der Waals surface area contributed by atoms with Crippen LogP contribution in [0.5, 0.6) is 0 Å². The van der Waals surface area contributed by atoms with Gasteiger partial charge in [0.25, 0.3) is 0 Å². The highest BCUT2D eigenvalue weighted by Crippen LogP contribution is 2.18. The normalized spacial score (nSPS) is 10.1. The van der Waals surface area contributed by atoms with Gasteiger partial charge in [0.1, 0.15) is 18.6 Å². The van der Waals surface area contributed by atoms with Crippen molar-refractivity contribution >= 4 is 11.9 Å². The lowest BCUT2D eigenvalue weighted by molar-refractivity contribution is -0.144. The van der Waals surface area contributed by atoms with E-state index < -0.39 is 5.97 Å². The Bertz CT molecular complexity index is 607. The van der Waals surface area contributed by atoms with Crippen molar-refractivity contribution in [2.75, 3.05) is 6.54 Å². The van der Waals surface area contributed by atoms with Crippen LogP contribution in [0.2, 0.25) is 0 Å². The molecular weight excluding hydrogens is 272 g/mol. The lowest BCUT2D eigenvalue weighted by atomic mass is 10.2. The van der Waals surface area contributed by atoms with Crippen LogP contribution in [-0.4, -0.2) is 23.4 Å². The molecule has 21 heavy (non-hydrogen) atoms. The van der Waals surface area contributed by atoms with E-state index in [0.717, 1.165) is 5.56 Å². The molecule has 0 atom stereocenters. The van der Waals surface area contributed by atoms with E-state index in [1.807, 2.05) is 30.3 Å². The van der Waals surface area contributed by atoms with Crippen molar-refractivity contribution in [3.05, 3.63) is 42.3 Å². The molecule has 0 saturated heterocycles. The third-order valence-corrected chi connectivity index (χ3v) is 2.66. The zero-order valence-corrected chi connectivity index (χ0v) is 11.7. The summed E-state index contributed by atoms with van der Waals surface area (Å²) in [6.07, 6.45) is 1.59. The van der Waals surface area contributed by atoms with Gasteiger partial charge in [-0.25, -0.2) is 4.98 Å². The molecule has 1 N–H and O–H groups in total. The van der Waals surface area contributed by atoms with Gasteiger partial charge in [0.2, 0.25) is 11.8 Å². The van der Waals surface area contributed by atoms with Crippen molar-refractivity contribution in [2.24, 2.45) is 0 Å².